The minimum Gasteiger partial charge on any atom is -0.508 e. The van der Waals surface area contributed by atoms with Crippen molar-refractivity contribution in [1.29, 1.82) is 0 Å². The second kappa shape index (κ2) is 10.0. The zero-order valence-corrected chi connectivity index (χ0v) is 22.7. The Morgan fingerprint density at radius 1 is 1.26 bits per heavy atom. The van der Waals surface area contributed by atoms with E-state index in [1.165, 1.54) is 12.8 Å². The molecule has 8 nitrogen and oxygen atoms in total. The number of anilines is 1. The molecule has 1 atom stereocenters. The number of phenols is 1. The van der Waals surface area contributed by atoms with Gasteiger partial charge in [-0.2, -0.15) is 5.10 Å². The number of aryl methyl sites for hydroxylation is 2. The summed E-state index contributed by atoms with van der Waals surface area (Å²) in [5, 5.41) is 18.5. The van der Waals surface area contributed by atoms with Gasteiger partial charge in [-0.15, -0.1) is 0 Å². The van der Waals surface area contributed by atoms with Crippen LogP contribution in [0.4, 0.5) is 11.4 Å². The number of nitrogens with two attached hydrogens (primary N) is 1. The number of phenolic OH excluding ortho intramolecular Hbond substituents is 1. The van der Waals surface area contributed by atoms with Gasteiger partial charge in [0.1, 0.15) is 11.6 Å². The van der Waals surface area contributed by atoms with Crippen LogP contribution in [0.1, 0.15) is 56.7 Å². The molecule has 3 heterocycles. The van der Waals surface area contributed by atoms with E-state index in [1.54, 1.807) is 31.5 Å². The first-order valence-electron chi connectivity index (χ1n) is 13.2. The lowest BCUT2D eigenvalue weighted by Gasteiger charge is -2.29. The van der Waals surface area contributed by atoms with E-state index < -0.39 is 0 Å². The number of aromatic hydroxyl groups is 1. The number of fused-ring (bicyclic) bond motifs is 1. The Balaban J connectivity index is 1.65. The average Bonchev–Trinajstić information content (AvgIpc) is 3.47. The molecule has 0 amide bonds. The predicted octanol–water partition coefficient (Wildman–Crippen LogP) is 6.01. The first-order chi connectivity index (χ1) is 18.2. The SMILES string of the molecule is CCc1cc(O)ccc1N=C(N)c1cnn2cc(-c3cnc(OC)cc3C)cc2c1N[C@@H]1CCCC1(C)C. The van der Waals surface area contributed by atoms with E-state index in [9.17, 15) is 5.11 Å². The fraction of sp³-hybridized carbons (Fsp3) is 0.367. The molecule has 198 valence electrons. The summed E-state index contributed by atoms with van der Waals surface area (Å²) in [6.07, 6.45) is 9.81. The van der Waals surface area contributed by atoms with Crippen molar-refractivity contribution in [2.24, 2.45) is 16.1 Å². The number of benzene rings is 1. The molecule has 1 aliphatic rings. The number of pyridine rings is 1. The first-order valence-corrected chi connectivity index (χ1v) is 13.2. The molecule has 4 N–H and O–H groups in total. The summed E-state index contributed by atoms with van der Waals surface area (Å²) in [5.74, 6) is 1.19. The number of hydrogen-bond donors (Lipinski definition) is 3. The molecular weight excluding hydrogens is 476 g/mol. The van der Waals surface area contributed by atoms with Gasteiger partial charge in [-0.1, -0.05) is 27.2 Å². The molecule has 0 unspecified atom stereocenters. The number of ether oxygens (including phenoxy) is 1. The van der Waals surface area contributed by atoms with Gasteiger partial charge in [-0.3, -0.25) is 0 Å². The van der Waals surface area contributed by atoms with E-state index in [2.05, 4.69) is 37.1 Å². The highest BCUT2D eigenvalue weighted by atomic mass is 16.5. The van der Waals surface area contributed by atoms with Gasteiger partial charge in [0.05, 0.1) is 35.8 Å². The van der Waals surface area contributed by atoms with Crippen LogP contribution in [0.2, 0.25) is 0 Å². The molecule has 0 bridgehead atoms. The highest BCUT2D eigenvalue weighted by molar-refractivity contribution is 6.06. The standard InChI is InChI=1S/C30H36N6O2/c1-6-19-13-21(37)9-10-24(19)34-29(31)23-16-33-36-17-20(22-15-32-27(38-5)12-18(22)2)14-25(36)28(23)35-26-8-7-11-30(26,3)4/h9-10,12-17,26,35,37H,6-8,11H2,1-5H3,(H2,31,34)/t26-/m1/s1. The monoisotopic (exact) mass is 512 g/mol. The fourth-order valence-corrected chi connectivity index (χ4v) is 5.42. The van der Waals surface area contributed by atoms with Crippen LogP contribution in [-0.4, -0.2) is 38.7 Å². The predicted molar refractivity (Wildman–Crippen MR) is 153 cm³/mol. The molecule has 0 saturated heterocycles. The molecule has 8 heteroatoms. The number of hydrogen-bond acceptors (Lipinski definition) is 6. The number of aromatic nitrogens is 3. The van der Waals surface area contributed by atoms with Crippen LogP contribution in [0.25, 0.3) is 16.6 Å². The largest absolute Gasteiger partial charge is 0.508 e. The van der Waals surface area contributed by atoms with Gasteiger partial charge in [0.25, 0.3) is 0 Å². The Morgan fingerprint density at radius 3 is 2.76 bits per heavy atom. The maximum atomic E-state index is 9.92. The summed E-state index contributed by atoms with van der Waals surface area (Å²) < 4.78 is 7.18. The number of nitrogens with zero attached hydrogens (tertiary/aromatic N) is 4. The average molecular weight is 513 g/mol. The number of aliphatic imine (C=N–C) groups is 1. The maximum Gasteiger partial charge on any atom is 0.213 e. The highest BCUT2D eigenvalue weighted by Crippen LogP contribution is 2.41. The zero-order valence-electron chi connectivity index (χ0n) is 22.7. The van der Waals surface area contributed by atoms with Crippen molar-refractivity contribution in [3.8, 4) is 22.8 Å². The van der Waals surface area contributed by atoms with Gasteiger partial charge in [0.2, 0.25) is 5.88 Å². The molecule has 5 rings (SSSR count). The van der Waals surface area contributed by atoms with Gasteiger partial charge in [-0.05, 0) is 67.0 Å². The van der Waals surface area contributed by atoms with E-state index >= 15 is 0 Å². The van der Waals surface area contributed by atoms with Crippen molar-refractivity contribution in [1.82, 2.24) is 14.6 Å². The number of nitrogens with one attached hydrogen (secondary N) is 1. The van der Waals surface area contributed by atoms with Crippen LogP contribution in [0.5, 0.6) is 11.6 Å². The van der Waals surface area contributed by atoms with Crippen molar-refractivity contribution in [3.05, 3.63) is 65.6 Å². The van der Waals surface area contributed by atoms with Gasteiger partial charge >= 0.3 is 0 Å². The highest BCUT2D eigenvalue weighted by Gasteiger charge is 2.35. The Bertz CT molecular complexity index is 1520. The van der Waals surface area contributed by atoms with Crippen molar-refractivity contribution in [2.75, 3.05) is 12.4 Å². The second-order valence-corrected chi connectivity index (χ2v) is 10.8. The van der Waals surface area contributed by atoms with Crippen LogP contribution < -0.4 is 15.8 Å². The van der Waals surface area contributed by atoms with Crippen LogP contribution in [0, 0.1) is 12.3 Å². The lowest BCUT2D eigenvalue weighted by Crippen LogP contribution is -2.32. The molecule has 3 aromatic heterocycles. The van der Waals surface area contributed by atoms with Crippen molar-refractivity contribution >= 4 is 22.7 Å². The summed E-state index contributed by atoms with van der Waals surface area (Å²) in [6, 6.07) is 9.53. The Kier molecular flexibility index (Phi) is 6.73. The summed E-state index contributed by atoms with van der Waals surface area (Å²) >= 11 is 0. The van der Waals surface area contributed by atoms with E-state index in [0.29, 0.717) is 17.8 Å². The molecule has 0 radical (unpaired) electrons. The Hall–Kier alpha value is -4.07. The minimum atomic E-state index is 0.154. The topological polar surface area (TPSA) is 110 Å². The molecule has 4 aromatic rings. The number of methoxy groups -OCH3 is 1. The van der Waals surface area contributed by atoms with Crippen molar-refractivity contribution in [3.63, 3.8) is 0 Å². The smallest absolute Gasteiger partial charge is 0.213 e. The van der Waals surface area contributed by atoms with E-state index in [0.717, 1.165) is 57.6 Å². The van der Waals surface area contributed by atoms with Crippen LogP contribution in [0.3, 0.4) is 0 Å². The molecular formula is C30H36N6O2. The van der Waals surface area contributed by atoms with Crippen LogP contribution in [0.15, 0.2) is 53.9 Å². The van der Waals surface area contributed by atoms with Gasteiger partial charge in [-0.25, -0.2) is 14.5 Å². The number of amidine groups is 1. The second-order valence-electron chi connectivity index (χ2n) is 10.8. The number of rotatable bonds is 7. The molecule has 1 aromatic carbocycles. The van der Waals surface area contributed by atoms with E-state index in [1.807, 2.05) is 29.9 Å². The Morgan fingerprint density at radius 2 is 2.08 bits per heavy atom. The summed E-state index contributed by atoms with van der Waals surface area (Å²) in [7, 11) is 1.62. The Labute approximate surface area is 223 Å². The van der Waals surface area contributed by atoms with Crippen LogP contribution >= 0.6 is 0 Å². The molecule has 1 aliphatic carbocycles. The van der Waals surface area contributed by atoms with Crippen LogP contribution in [-0.2, 0) is 6.42 Å². The quantitative estimate of drug-likeness (QED) is 0.207. The third-order valence-corrected chi connectivity index (χ3v) is 7.78. The molecule has 1 fully saturated rings. The van der Waals surface area contributed by atoms with Gasteiger partial charge in [0.15, 0.2) is 0 Å². The molecule has 0 spiro atoms. The molecule has 38 heavy (non-hydrogen) atoms. The van der Waals surface area contributed by atoms with E-state index in [-0.39, 0.29) is 11.2 Å². The summed E-state index contributed by atoms with van der Waals surface area (Å²) in [4.78, 5) is 9.21. The fourth-order valence-electron chi connectivity index (χ4n) is 5.42. The summed E-state index contributed by atoms with van der Waals surface area (Å²) in [6.45, 7) is 8.71. The van der Waals surface area contributed by atoms with E-state index in [4.69, 9.17) is 20.6 Å². The summed E-state index contributed by atoms with van der Waals surface area (Å²) in [5.41, 5.74) is 14.2. The third-order valence-electron chi connectivity index (χ3n) is 7.78. The van der Waals surface area contributed by atoms with Gasteiger partial charge in [0, 0.05) is 35.6 Å². The minimum absolute atomic E-state index is 0.154. The normalized spacial score (nSPS) is 17.2. The lowest BCUT2D eigenvalue weighted by atomic mass is 9.87. The molecule has 1 saturated carbocycles. The third kappa shape index (κ3) is 4.78. The van der Waals surface area contributed by atoms with Crippen molar-refractivity contribution < 1.29 is 9.84 Å². The maximum absolute atomic E-state index is 9.92. The lowest BCUT2D eigenvalue weighted by molar-refractivity contribution is 0.350. The first kappa shape index (κ1) is 25.6. The van der Waals surface area contributed by atoms with Crippen molar-refractivity contribution in [2.45, 2.75) is 59.4 Å². The zero-order chi connectivity index (χ0) is 27.0. The van der Waals surface area contributed by atoms with Gasteiger partial charge < -0.3 is 20.9 Å². The molecule has 0 aliphatic heterocycles.